The molecule has 1 fully saturated rings. The van der Waals surface area contributed by atoms with Crippen molar-refractivity contribution < 1.29 is 9.31 Å². The molecule has 0 aromatic heterocycles. The Morgan fingerprint density at radius 2 is 1.60 bits per heavy atom. The van der Waals surface area contributed by atoms with E-state index >= 15 is 0 Å². The first-order chi connectivity index (χ1) is 6.74. The van der Waals surface area contributed by atoms with Crippen molar-refractivity contribution in [2.24, 2.45) is 0 Å². The molecule has 0 aromatic carbocycles. The predicted molar refractivity (Wildman–Crippen MR) is 65.6 cm³/mol. The molecule has 0 aliphatic carbocycles. The van der Waals surface area contributed by atoms with Crippen molar-refractivity contribution in [3.63, 3.8) is 0 Å². The Morgan fingerprint density at radius 3 is 2.00 bits per heavy atom. The van der Waals surface area contributed by atoms with Crippen LogP contribution in [0.1, 0.15) is 41.5 Å². The van der Waals surface area contributed by atoms with E-state index in [4.69, 9.17) is 9.31 Å². The first-order valence-electron chi connectivity index (χ1n) is 5.58. The van der Waals surface area contributed by atoms with Gasteiger partial charge in [-0.25, -0.2) is 0 Å². The maximum atomic E-state index is 5.87. The molecule has 2 nitrogen and oxygen atoms in total. The highest BCUT2D eigenvalue weighted by molar-refractivity contribution is 6.47. The second kappa shape index (κ2) is 4.46. The fraction of sp³-hybridized carbons (Fsp3) is 0.909. The van der Waals surface area contributed by atoms with Crippen LogP contribution < -0.4 is 0 Å². The van der Waals surface area contributed by atoms with Crippen molar-refractivity contribution >= 4 is 16.1 Å². The number of hydrogen-bond donors (Lipinski definition) is 0. The summed E-state index contributed by atoms with van der Waals surface area (Å²) in [6.07, 6.45) is 0.781. The van der Waals surface area contributed by atoms with Crippen molar-refractivity contribution in [1.82, 2.24) is 0 Å². The highest BCUT2D eigenvalue weighted by Crippen LogP contribution is 2.37. The molecule has 0 radical (unpaired) electrons. The molecule has 4 heteroatoms. The van der Waals surface area contributed by atoms with Gasteiger partial charge in [0.1, 0.15) is 0 Å². The van der Waals surface area contributed by atoms with Crippen LogP contribution in [0, 0.1) is 5.50 Å². The normalized spacial score (nSPS) is 22.7. The van der Waals surface area contributed by atoms with Crippen molar-refractivity contribution in [1.29, 1.82) is 0 Å². The van der Waals surface area contributed by atoms with E-state index in [0.717, 1.165) is 15.3 Å². The zero-order chi connectivity index (χ0) is 11.7. The van der Waals surface area contributed by atoms with Crippen molar-refractivity contribution in [2.75, 3.05) is 0 Å². The van der Waals surface area contributed by atoms with E-state index < -0.39 is 0 Å². The van der Waals surface area contributed by atoms with E-state index in [1.807, 2.05) is 0 Å². The Hall–Kier alpha value is -0.0182. The number of rotatable bonds is 1. The second-order valence-electron chi connectivity index (χ2n) is 5.37. The molecule has 0 spiro atoms. The van der Waals surface area contributed by atoms with E-state index in [2.05, 4.69) is 47.0 Å². The van der Waals surface area contributed by atoms with Gasteiger partial charge in [-0.2, -0.15) is 0 Å². The summed E-state index contributed by atoms with van der Waals surface area (Å²) in [4.78, 5) is 0. The Balaban J connectivity index is 2.54. The van der Waals surface area contributed by atoms with Gasteiger partial charge in [0, 0.05) is 6.32 Å². The van der Waals surface area contributed by atoms with Crippen molar-refractivity contribution in [2.45, 2.75) is 64.6 Å². The minimum absolute atomic E-state index is 0.110. The third-order valence-electron chi connectivity index (χ3n) is 2.96. The van der Waals surface area contributed by atoms with Crippen LogP contribution in [0.25, 0.3) is 0 Å². The highest BCUT2D eigenvalue weighted by Gasteiger charge is 2.50. The highest BCUT2D eigenvalue weighted by atomic mass is 28.2. The lowest BCUT2D eigenvalue weighted by molar-refractivity contribution is 0.00578. The van der Waals surface area contributed by atoms with E-state index in [1.165, 1.54) is 0 Å². The van der Waals surface area contributed by atoms with Crippen LogP contribution in [-0.2, 0) is 9.31 Å². The SMILES string of the molecule is CC(C)[Si]#CCB1OC(C)(C)C(C)(C)O1. The fourth-order valence-electron chi connectivity index (χ4n) is 1.39. The van der Waals surface area contributed by atoms with E-state index in [9.17, 15) is 0 Å². The summed E-state index contributed by atoms with van der Waals surface area (Å²) in [5.41, 5.74) is 3.65. The molecule has 0 aromatic rings. The molecule has 0 atom stereocenters. The maximum Gasteiger partial charge on any atom is 0.469 e. The van der Waals surface area contributed by atoms with Gasteiger partial charge in [-0.1, -0.05) is 13.8 Å². The van der Waals surface area contributed by atoms with Crippen LogP contribution in [0.5, 0.6) is 0 Å². The molecule has 0 unspecified atom stereocenters. The van der Waals surface area contributed by atoms with Gasteiger partial charge in [0.2, 0.25) is 0 Å². The minimum atomic E-state index is -0.208. The smallest absolute Gasteiger partial charge is 0.403 e. The molecule has 1 aliphatic rings. The van der Waals surface area contributed by atoms with Crippen LogP contribution in [0.2, 0.25) is 11.9 Å². The summed E-state index contributed by atoms with van der Waals surface area (Å²) in [5, 5.41) is 0. The molecule has 0 N–H and O–H groups in total. The molecular formula is C11H21BO2Si. The van der Waals surface area contributed by atoms with Crippen LogP contribution in [-0.4, -0.2) is 27.3 Å². The Kier molecular flexibility index (Phi) is 3.88. The molecular weight excluding hydrogens is 203 g/mol. The average molecular weight is 224 g/mol. The third kappa shape index (κ3) is 3.22. The summed E-state index contributed by atoms with van der Waals surface area (Å²) in [6.45, 7) is 12.7. The standard InChI is InChI=1S/C11H21BO2Si/c1-9(2)15-8-7-12-13-10(3,4)11(5,6)14-12/h9H,7H2,1-6H3. The zero-order valence-corrected chi connectivity index (χ0v) is 11.7. The largest absolute Gasteiger partial charge is 0.469 e. The summed E-state index contributed by atoms with van der Waals surface area (Å²) < 4.78 is 11.7. The summed E-state index contributed by atoms with van der Waals surface area (Å²) >= 11 is 0. The third-order valence-corrected chi connectivity index (χ3v) is 3.95. The lowest BCUT2D eigenvalue weighted by Gasteiger charge is -2.32. The van der Waals surface area contributed by atoms with Crippen LogP contribution in [0.3, 0.4) is 0 Å². The molecule has 1 saturated heterocycles. The fourth-order valence-corrected chi connectivity index (χ4v) is 2.09. The van der Waals surface area contributed by atoms with E-state index in [-0.39, 0.29) is 18.3 Å². The Labute approximate surface area is 96.0 Å². The minimum Gasteiger partial charge on any atom is -0.403 e. The van der Waals surface area contributed by atoms with Crippen molar-refractivity contribution in [3.05, 3.63) is 0 Å². The topological polar surface area (TPSA) is 18.5 Å². The van der Waals surface area contributed by atoms with Crippen LogP contribution in [0.4, 0.5) is 0 Å². The van der Waals surface area contributed by atoms with Gasteiger partial charge in [-0.3, -0.25) is 0 Å². The molecule has 15 heavy (non-hydrogen) atoms. The van der Waals surface area contributed by atoms with Gasteiger partial charge in [0.05, 0.1) is 11.2 Å². The quantitative estimate of drug-likeness (QED) is 0.637. The molecule has 1 aliphatic heterocycles. The average Bonchev–Trinajstić information content (AvgIpc) is 2.19. The first kappa shape index (κ1) is 13.0. The van der Waals surface area contributed by atoms with Gasteiger partial charge in [-0.15, -0.1) is 5.50 Å². The van der Waals surface area contributed by atoms with Gasteiger partial charge in [0.15, 0.2) is 0 Å². The summed E-state index contributed by atoms with van der Waals surface area (Å²) in [7, 11) is 0.659. The second-order valence-corrected chi connectivity index (χ2v) is 7.16. The van der Waals surface area contributed by atoms with Crippen molar-refractivity contribution in [3.8, 4) is 5.50 Å². The maximum absolute atomic E-state index is 5.87. The number of hydrogen-bond acceptors (Lipinski definition) is 2. The monoisotopic (exact) mass is 224 g/mol. The molecule has 0 amide bonds. The molecule has 1 heterocycles. The van der Waals surface area contributed by atoms with Gasteiger partial charge < -0.3 is 9.31 Å². The van der Waals surface area contributed by atoms with Gasteiger partial charge >= 0.3 is 7.12 Å². The summed E-state index contributed by atoms with van der Waals surface area (Å²) in [6, 6.07) is 0. The predicted octanol–water partition coefficient (Wildman–Crippen LogP) is 2.57. The van der Waals surface area contributed by atoms with Gasteiger partial charge in [0.25, 0.3) is 0 Å². The lowest BCUT2D eigenvalue weighted by atomic mass is 9.86. The molecule has 0 saturated carbocycles. The van der Waals surface area contributed by atoms with E-state index in [1.54, 1.807) is 0 Å². The molecule has 1 rings (SSSR count). The summed E-state index contributed by atoms with van der Waals surface area (Å²) in [5.74, 6) is 0. The van der Waals surface area contributed by atoms with Crippen LogP contribution in [0.15, 0.2) is 0 Å². The van der Waals surface area contributed by atoms with E-state index in [0.29, 0.717) is 5.54 Å². The Bertz CT molecular complexity index is 273. The Morgan fingerprint density at radius 1 is 1.13 bits per heavy atom. The lowest BCUT2D eigenvalue weighted by Crippen LogP contribution is -2.41. The van der Waals surface area contributed by atoms with Crippen LogP contribution >= 0.6 is 0 Å². The molecule has 84 valence electrons. The van der Waals surface area contributed by atoms with Gasteiger partial charge in [-0.05, 0) is 42.2 Å². The molecule has 0 bridgehead atoms. The first-order valence-corrected chi connectivity index (χ1v) is 6.66. The zero-order valence-electron chi connectivity index (χ0n) is 10.7.